The van der Waals surface area contributed by atoms with Crippen molar-refractivity contribution in [3.63, 3.8) is 0 Å². The van der Waals surface area contributed by atoms with Gasteiger partial charge >= 0.3 is 159 Å². The fourth-order valence-corrected chi connectivity index (χ4v) is 37.1. The van der Waals surface area contributed by atoms with Crippen LogP contribution in [0.25, 0.3) is 0 Å². The van der Waals surface area contributed by atoms with Crippen molar-refractivity contribution in [3.05, 3.63) is 9.29 Å². The van der Waals surface area contributed by atoms with Crippen LogP contribution >= 0.6 is 0 Å². The average Bonchev–Trinajstić information content (AvgIpc) is 2.51. The second-order valence-electron chi connectivity index (χ2n) is 9.16. The zero-order valence-electron chi connectivity index (χ0n) is 18.0. The van der Waals surface area contributed by atoms with E-state index in [9.17, 15) is 5.11 Å². The molecule has 0 fully saturated rings. The summed E-state index contributed by atoms with van der Waals surface area (Å²) in [6.45, 7) is 18.9. The van der Waals surface area contributed by atoms with Gasteiger partial charge in [-0.25, -0.2) is 0 Å². The minimum atomic E-state index is -2.39. The van der Waals surface area contributed by atoms with Gasteiger partial charge in [-0.2, -0.15) is 0 Å². The first-order valence-electron chi connectivity index (χ1n) is 10.6. The van der Waals surface area contributed by atoms with Crippen LogP contribution in [0.1, 0.15) is 73.1 Å². The molecule has 0 aliphatic heterocycles. The fourth-order valence-electron chi connectivity index (χ4n) is 3.91. The number of unbranched alkanes of at least 4 members (excludes halogenated alkanes) is 3. The van der Waals surface area contributed by atoms with E-state index in [-0.39, 0.29) is 6.10 Å². The van der Waals surface area contributed by atoms with Crippen molar-refractivity contribution in [1.29, 1.82) is 0 Å². The van der Waals surface area contributed by atoms with Crippen LogP contribution in [0, 0.1) is 5.92 Å². The first kappa shape index (κ1) is 24.7. The molecular formula is C21H46OSiSn. The predicted octanol–water partition coefficient (Wildman–Crippen LogP) is 7.20. The summed E-state index contributed by atoms with van der Waals surface area (Å²) in [4.78, 5) is 0. The first-order valence-corrected chi connectivity index (χ1v) is 21.5. The molecule has 0 amide bonds. The second kappa shape index (κ2) is 12.2. The maximum atomic E-state index is 10.7. The van der Waals surface area contributed by atoms with Gasteiger partial charge in [0.05, 0.1) is 0 Å². The summed E-state index contributed by atoms with van der Waals surface area (Å²) < 4.78 is 6.43. The molecule has 0 aliphatic carbocycles. The number of aliphatic hydroxyl groups excluding tert-OH is 1. The molecule has 0 spiro atoms. The summed E-state index contributed by atoms with van der Waals surface area (Å²) in [5, 5.41) is 10.7. The van der Waals surface area contributed by atoms with Gasteiger partial charge in [0.25, 0.3) is 0 Å². The Labute approximate surface area is 158 Å². The summed E-state index contributed by atoms with van der Waals surface area (Å²) in [6.07, 6.45) is 10.3. The van der Waals surface area contributed by atoms with E-state index in [1.807, 2.05) is 3.21 Å². The van der Waals surface area contributed by atoms with Crippen LogP contribution in [0.2, 0.25) is 33.0 Å². The molecule has 3 heteroatoms. The molecule has 1 N–H and O–H groups in total. The van der Waals surface area contributed by atoms with Crippen LogP contribution < -0.4 is 0 Å². The van der Waals surface area contributed by atoms with E-state index in [2.05, 4.69) is 60.3 Å². The predicted molar refractivity (Wildman–Crippen MR) is 117 cm³/mol. The summed E-state index contributed by atoms with van der Waals surface area (Å²) in [5.41, 5.74) is 0. The standard InChI is InChI=1S/C9H19OSi.3C4H9.Sn/c1-8(2)9(10)6-7-11(3,4)5;3*1-3-4-2;/h6,8-10H,1-5H3;3*1,3-4H2,2H3;. The monoisotopic (exact) mass is 462 g/mol. The van der Waals surface area contributed by atoms with Gasteiger partial charge in [-0.1, -0.05) is 0 Å². The average molecular weight is 461 g/mol. The molecular weight excluding hydrogens is 415 g/mol. The Balaban J connectivity index is 5.98. The van der Waals surface area contributed by atoms with Crippen molar-refractivity contribution in [2.45, 2.75) is 112 Å². The third-order valence-corrected chi connectivity index (χ3v) is 32.1. The van der Waals surface area contributed by atoms with Crippen LogP contribution in [-0.4, -0.2) is 37.7 Å². The Kier molecular flexibility index (Phi) is 12.5. The van der Waals surface area contributed by atoms with Crippen molar-refractivity contribution in [1.82, 2.24) is 0 Å². The van der Waals surface area contributed by atoms with E-state index in [4.69, 9.17) is 0 Å². The molecule has 0 rings (SSSR count). The molecule has 1 nitrogen and oxygen atoms in total. The van der Waals surface area contributed by atoms with Crippen molar-refractivity contribution in [2.75, 3.05) is 0 Å². The second-order valence-corrected chi connectivity index (χ2v) is 28.7. The molecule has 0 bridgehead atoms. The number of hydrogen-bond donors (Lipinski definition) is 1. The molecule has 144 valence electrons. The topological polar surface area (TPSA) is 20.2 Å². The molecule has 0 heterocycles. The van der Waals surface area contributed by atoms with Crippen molar-refractivity contribution >= 4 is 26.5 Å². The van der Waals surface area contributed by atoms with Gasteiger partial charge < -0.3 is 0 Å². The van der Waals surface area contributed by atoms with Gasteiger partial charge in [0, 0.05) is 0 Å². The summed E-state index contributed by atoms with van der Waals surface area (Å²) in [7, 11) is -1.39. The Bertz CT molecular complexity index is 336. The van der Waals surface area contributed by atoms with E-state index >= 15 is 0 Å². The van der Waals surface area contributed by atoms with Crippen LogP contribution in [-0.2, 0) is 0 Å². The van der Waals surface area contributed by atoms with Crippen molar-refractivity contribution < 1.29 is 5.11 Å². The third kappa shape index (κ3) is 8.40. The molecule has 0 aromatic heterocycles. The van der Waals surface area contributed by atoms with E-state index in [0.717, 1.165) is 0 Å². The molecule has 0 saturated heterocycles. The maximum absolute atomic E-state index is 10.7. The quantitative estimate of drug-likeness (QED) is 0.288. The number of rotatable bonds is 13. The Morgan fingerprint density at radius 2 is 1.25 bits per heavy atom. The first-order chi connectivity index (χ1) is 11.1. The van der Waals surface area contributed by atoms with Crippen LogP contribution in [0.3, 0.4) is 0 Å². The zero-order chi connectivity index (χ0) is 18.8. The Morgan fingerprint density at radius 1 is 0.875 bits per heavy atom. The summed E-state index contributed by atoms with van der Waals surface area (Å²) in [5.74, 6) is 0.337. The third-order valence-electron chi connectivity index (χ3n) is 5.43. The molecule has 0 aromatic rings. The normalized spacial score (nSPS) is 15.2. The van der Waals surface area contributed by atoms with Crippen LogP contribution in [0.5, 0.6) is 0 Å². The van der Waals surface area contributed by atoms with E-state index < -0.39 is 26.5 Å². The SMILES string of the molecule is CCC[CH2][Sn]([CH2]CCC)([CH2]CCC)/[C](=C\C(O)C(C)C)[Si](C)(C)C. The van der Waals surface area contributed by atoms with E-state index in [1.54, 1.807) is 0 Å². The van der Waals surface area contributed by atoms with E-state index in [1.165, 1.54) is 51.8 Å². The van der Waals surface area contributed by atoms with Gasteiger partial charge in [-0.15, -0.1) is 0 Å². The van der Waals surface area contributed by atoms with Crippen molar-refractivity contribution in [2.24, 2.45) is 5.92 Å². The van der Waals surface area contributed by atoms with E-state index in [0.29, 0.717) is 5.92 Å². The molecule has 0 aromatic carbocycles. The van der Waals surface area contributed by atoms with Gasteiger partial charge in [0.1, 0.15) is 0 Å². The van der Waals surface area contributed by atoms with Crippen LogP contribution in [0.4, 0.5) is 0 Å². The summed E-state index contributed by atoms with van der Waals surface area (Å²) in [6, 6.07) is 0. The molecule has 1 atom stereocenters. The molecule has 0 radical (unpaired) electrons. The zero-order valence-corrected chi connectivity index (χ0v) is 21.9. The molecule has 0 aliphatic rings. The Hall–Kier alpha value is 0.716. The van der Waals surface area contributed by atoms with Crippen LogP contribution in [0.15, 0.2) is 9.29 Å². The minimum absolute atomic E-state index is 0.243. The molecule has 0 saturated carbocycles. The summed E-state index contributed by atoms with van der Waals surface area (Å²) >= 11 is -2.39. The van der Waals surface area contributed by atoms with Gasteiger partial charge in [0.15, 0.2) is 0 Å². The van der Waals surface area contributed by atoms with Gasteiger partial charge in [0.2, 0.25) is 0 Å². The Morgan fingerprint density at radius 3 is 1.50 bits per heavy atom. The van der Waals surface area contributed by atoms with Gasteiger partial charge in [-0.05, 0) is 0 Å². The van der Waals surface area contributed by atoms with Gasteiger partial charge in [-0.3, -0.25) is 0 Å². The van der Waals surface area contributed by atoms with Crippen molar-refractivity contribution in [3.8, 4) is 0 Å². The molecule has 1 unspecified atom stereocenters. The molecule has 24 heavy (non-hydrogen) atoms. The fraction of sp³-hybridized carbons (Fsp3) is 0.905. The number of hydrogen-bond acceptors (Lipinski definition) is 1. The number of aliphatic hydroxyl groups is 1.